The fraction of sp³-hybridized carbons (Fsp3) is 0.714. The molecule has 1 N–H and O–H groups in total. The van der Waals surface area contributed by atoms with Crippen LogP contribution in [0.15, 0.2) is 6.07 Å². The number of nitrogens with one attached hydrogen (secondary N) is 1. The Labute approximate surface area is 114 Å². The number of ether oxygens (including phenoxy) is 1. The van der Waals surface area contributed by atoms with Gasteiger partial charge in [0.05, 0.1) is 12.3 Å². The molecule has 0 aromatic carbocycles. The summed E-state index contributed by atoms with van der Waals surface area (Å²) in [7, 11) is 0. The van der Waals surface area contributed by atoms with Gasteiger partial charge in [-0.1, -0.05) is 0 Å². The van der Waals surface area contributed by atoms with Crippen molar-refractivity contribution in [1.29, 1.82) is 0 Å². The van der Waals surface area contributed by atoms with Crippen molar-refractivity contribution in [2.24, 2.45) is 0 Å². The van der Waals surface area contributed by atoms with E-state index in [4.69, 9.17) is 4.74 Å². The lowest BCUT2D eigenvalue weighted by Crippen LogP contribution is -2.27. The second-order valence-corrected chi connectivity index (χ2v) is 5.34. The predicted molar refractivity (Wildman–Crippen MR) is 74.6 cm³/mol. The van der Waals surface area contributed by atoms with E-state index in [1.54, 1.807) is 0 Å². The van der Waals surface area contributed by atoms with Crippen LogP contribution in [0.2, 0.25) is 0 Å². The molecule has 1 atom stereocenters. The summed E-state index contributed by atoms with van der Waals surface area (Å²) in [5.74, 6) is 2.49. The second-order valence-electron chi connectivity index (χ2n) is 5.34. The van der Waals surface area contributed by atoms with Crippen molar-refractivity contribution in [2.75, 3.05) is 44.3 Å². The summed E-state index contributed by atoms with van der Waals surface area (Å²) >= 11 is 0. The molecule has 3 rings (SSSR count). The molecule has 5 nitrogen and oxygen atoms in total. The lowest BCUT2D eigenvalue weighted by Gasteiger charge is -2.22. The first-order valence-electron chi connectivity index (χ1n) is 7.22. The number of hydrogen-bond acceptors (Lipinski definition) is 5. The van der Waals surface area contributed by atoms with Crippen LogP contribution in [0.25, 0.3) is 0 Å². The first-order chi connectivity index (χ1) is 9.33. The van der Waals surface area contributed by atoms with Crippen molar-refractivity contribution in [3.8, 4) is 0 Å². The molecule has 0 amide bonds. The summed E-state index contributed by atoms with van der Waals surface area (Å²) in [4.78, 5) is 11.6. The molecule has 0 bridgehead atoms. The Morgan fingerprint density at radius 1 is 1.32 bits per heavy atom. The minimum Gasteiger partial charge on any atom is -0.380 e. The molecule has 1 aromatic heterocycles. The number of nitrogens with zero attached hydrogens (tertiary/aromatic N) is 3. The van der Waals surface area contributed by atoms with Gasteiger partial charge in [0, 0.05) is 38.2 Å². The molecule has 2 saturated heterocycles. The molecule has 0 saturated carbocycles. The van der Waals surface area contributed by atoms with E-state index in [-0.39, 0.29) is 0 Å². The molecule has 2 fully saturated rings. The lowest BCUT2D eigenvalue weighted by molar-refractivity contribution is 0.152. The van der Waals surface area contributed by atoms with Crippen molar-refractivity contribution >= 4 is 5.82 Å². The Kier molecular flexibility index (Phi) is 3.94. The highest BCUT2D eigenvalue weighted by molar-refractivity contribution is 5.41. The van der Waals surface area contributed by atoms with Crippen LogP contribution in [-0.2, 0) is 4.74 Å². The quantitative estimate of drug-likeness (QED) is 0.864. The summed E-state index contributed by atoms with van der Waals surface area (Å²) in [6.07, 6.45) is 2.25. The second kappa shape index (κ2) is 5.84. The number of aromatic nitrogens is 2. The van der Waals surface area contributed by atoms with E-state index < -0.39 is 0 Å². The Bertz CT molecular complexity index is 423. The average Bonchev–Trinajstić information content (AvgIpc) is 2.81. The number of anilines is 1. The largest absolute Gasteiger partial charge is 0.380 e. The molecule has 19 heavy (non-hydrogen) atoms. The van der Waals surface area contributed by atoms with Gasteiger partial charge in [-0.3, -0.25) is 0 Å². The zero-order valence-electron chi connectivity index (χ0n) is 11.6. The van der Waals surface area contributed by atoms with E-state index in [0.717, 1.165) is 57.5 Å². The van der Waals surface area contributed by atoms with E-state index in [2.05, 4.69) is 26.3 Å². The van der Waals surface area contributed by atoms with Gasteiger partial charge in [0.15, 0.2) is 0 Å². The highest BCUT2D eigenvalue weighted by atomic mass is 16.5. The van der Waals surface area contributed by atoms with E-state index in [1.807, 2.05) is 6.92 Å². The maximum atomic E-state index is 5.51. The van der Waals surface area contributed by atoms with Crippen LogP contribution in [0.4, 0.5) is 5.82 Å². The molecule has 2 aliphatic heterocycles. The van der Waals surface area contributed by atoms with Gasteiger partial charge in [-0.2, -0.15) is 0 Å². The monoisotopic (exact) mass is 262 g/mol. The minimum atomic E-state index is 0.545. The molecule has 0 spiro atoms. The Hall–Kier alpha value is -1.20. The number of rotatable bonds is 2. The molecule has 0 radical (unpaired) electrons. The van der Waals surface area contributed by atoms with Gasteiger partial charge in [-0.05, 0) is 26.3 Å². The highest BCUT2D eigenvalue weighted by Gasteiger charge is 2.20. The molecule has 0 aliphatic carbocycles. The average molecular weight is 262 g/mol. The smallest absolute Gasteiger partial charge is 0.132 e. The number of aryl methyl sites for hydroxylation is 1. The normalized spacial score (nSPS) is 24.5. The minimum absolute atomic E-state index is 0.545. The van der Waals surface area contributed by atoms with Gasteiger partial charge in [0.25, 0.3) is 0 Å². The van der Waals surface area contributed by atoms with Crippen molar-refractivity contribution in [2.45, 2.75) is 25.7 Å². The summed E-state index contributed by atoms with van der Waals surface area (Å²) < 4.78 is 5.51. The third kappa shape index (κ3) is 3.04. The van der Waals surface area contributed by atoms with Gasteiger partial charge in [0.2, 0.25) is 0 Å². The summed E-state index contributed by atoms with van der Waals surface area (Å²) in [6, 6.07) is 2.18. The van der Waals surface area contributed by atoms with Gasteiger partial charge >= 0.3 is 0 Å². The maximum Gasteiger partial charge on any atom is 0.132 e. The zero-order chi connectivity index (χ0) is 13.1. The Morgan fingerprint density at radius 2 is 2.26 bits per heavy atom. The number of hydrogen-bond donors (Lipinski definition) is 1. The topological polar surface area (TPSA) is 50.3 Å². The van der Waals surface area contributed by atoms with Crippen LogP contribution in [0.5, 0.6) is 0 Å². The van der Waals surface area contributed by atoms with Gasteiger partial charge in [0.1, 0.15) is 11.6 Å². The van der Waals surface area contributed by atoms with Crippen LogP contribution in [0, 0.1) is 6.92 Å². The Balaban J connectivity index is 1.83. The van der Waals surface area contributed by atoms with E-state index in [9.17, 15) is 0 Å². The third-order valence-electron chi connectivity index (χ3n) is 3.87. The van der Waals surface area contributed by atoms with Crippen molar-refractivity contribution < 1.29 is 4.74 Å². The Morgan fingerprint density at radius 3 is 3.11 bits per heavy atom. The van der Waals surface area contributed by atoms with Crippen molar-refractivity contribution in [1.82, 2.24) is 15.3 Å². The van der Waals surface area contributed by atoms with Crippen LogP contribution in [-0.4, -0.2) is 49.4 Å². The SMILES string of the molecule is Cc1nc([C@@H]2CCNC2)cc(N2CCCOCC2)n1. The van der Waals surface area contributed by atoms with Crippen LogP contribution >= 0.6 is 0 Å². The van der Waals surface area contributed by atoms with Crippen molar-refractivity contribution in [3.05, 3.63) is 17.6 Å². The molecule has 1 aromatic rings. The fourth-order valence-electron chi connectivity index (χ4n) is 2.83. The molecule has 104 valence electrons. The first-order valence-corrected chi connectivity index (χ1v) is 7.22. The lowest BCUT2D eigenvalue weighted by atomic mass is 10.0. The highest BCUT2D eigenvalue weighted by Crippen LogP contribution is 2.24. The molecular weight excluding hydrogens is 240 g/mol. The van der Waals surface area contributed by atoms with Gasteiger partial charge < -0.3 is 15.0 Å². The van der Waals surface area contributed by atoms with Crippen LogP contribution < -0.4 is 10.2 Å². The summed E-state index contributed by atoms with van der Waals surface area (Å²) in [5, 5.41) is 3.41. The molecular formula is C14H22N4O. The third-order valence-corrected chi connectivity index (χ3v) is 3.87. The molecule has 3 heterocycles. The van der Waals surface area contributed by atoms with Gasteiger partial charge in [-0.15, -0.1) is 0 Å². The summed E-state index contributed by atoms with van der Waals surface area (Å²) in [5.41, 5.74) is 1.19. The van der Waals surface area contributed by atoms with Crippen LogP contribution in [0.1, 0.15) is 30.3 Å². The molecule has 0 unspecified atom stereocenters. The standard InChI is InChI=1S/C14H22N4O/c1-11-16-13(12-3-4-15-10-12)9-14(17-11)18-5-2-7-19-8-6-18/h9,12,15H,2-8,10H2,1H3/t12-/m1/s1. The van der Waals surface area contributed by atoms with Crippen LogP contribution in [0.3, 0.4) is 0 Å². The first kappa shape index (κ1) is 12.8. The molecule has 2 aliphatic rings. The van der Waals surface area contributed by atoms with E-state index in [0.29, 0.717) is 5.92 Å². The van der Waals surface area contributed by atoms with Gasteiger partial charge in [-0.25, -0.2) is 9.97 Å². The van der Waals surface area contributed by atoms with E-state index >= 15 is 0 Å². The zero-order valence-corrected chi connectivity index (χ0v) is 11.6. The van der Waals surface area contributed by atoms with E-state index in [1.165, 1.54) is 12.1 Å². The summed E-state index contributed by atoms with van der Waals surface area (Å²) in [6.45, 7) is 7.74. The maximum absolute atomic E-state index is 5.51. The molecule has 5 heteroatoms. The van der Waals surface area contributed by atoms with Crippen molar-refractivity contribution in [3.63, 3.8) is 0 Å². The predicted octanol–water partition coefficient (Wildman–Crippen LogP) is 1.09. The fourth-order valence-corrected chi connectivity index (χ4v) is 2.83.